The van der Waals surface area contributed by atoms with Gasteiger partial charge in [0.25, 0.3) is 16.1 Å². The molecule has 1 amide bonds. The first-order valence-electron chi connectivity index (χ1n) is 6.94. The molecule has 1 N–H and O–H groups in total. The molecule has 2 rings (SSSR count). The van der Waals surface area contributed by atoms with Gasteiger partial charge in [-0.1, -0.05) is 18.2 Å². The maximum atomic E-state index is 12.3. The molecule has 1 saturated heterocycles. The second kappa shape index (κ2) is 6.55. The Labute approximate surface area is 125 Å². The molecule has 0 saturated carbocycles. The van der Waals surface area contributed by atoms with Crippen LogP contribution in [-0.4, -0.2) is 56.8 Å². The van der Waals surface area contributed by atoms with Gasteiger partial charge in [-0.15, -0.1) is 0 Å². The highest BCUT2D eigenvalue weighted by Crippen LogP contribution is 2.15. The van der Waals surface area contributed by atoms with Gasteiger partial charge in [0.1, 0.15) is 0 Å². The molecule has 1 aromatic rings. The van der Waals surface area contributed by atoms with E-state index in [4.69, 9.17) is 0 Å². The molecular weight excluding hydrogens is 290 g/mol. The summed E-state index contributed by atoms with van der Waals surface area (Å²) in [5.41, 5.74) is 0.671. The Balaban J connectivity index is 1.91. The molecule has 1 fully saturated rings. The van der Waals surface area contributed by atoms with E-state index in [-0.39, 0.29) is 11.9 Å². The third-order valence-electron chi connectivity index (χ3n) is 3.60. The lowest BCUT2D eigenvalue weighted by molar-refractivity contribution is 0.0711. The van der Waals surface area contributed by atoms with E-state index in [2.05, 4.69) is 4.72 Å². The van der Waals surface area contributed by atoms with Crippen LogP contribution in [0, 0.1) is 0 Å². The lowest BCUT2D eigenvalue weighted by atomic mass is 10.0. The summed E-state index contributed by atoms with van der Waals surface area (Å²) in [6, 6.07) is 9.03. The van der Waals surface area contributed by atoms with Crippen molar-refractivity contribution in [1.82, 2.24) is 13.9 Å². The predicted molar refractivity (Wildman–Crippen MR) is 81.1 cm³/mol. The van der Waals surface area contributed by atoms with Crippen molar-refractivity contribution < 1.29 is 13.2 Å². The van der Waals surface area contributed by atoms with E-state index < -0.39 is 10.2 Å². The van der Waals surface area contributed by atoms with Crippen molar-refractivity contribution in [2.45, 2.75) is 18.9 Å². The number of hydrogen-bond donors (Lipinski definition) is 1. The Hall–Kier alpha value is -1.44. The summed E-state index contributed by atoms with van der Waals surface area (Å²) in [4.78, 5) is 14.1. The highest BCUT2D eigenvalue weighted by atomic mass is 32.2. The van der Waals surface area contributed by atoms with Crippen LogP contribution in [0.1, 0.15) is 23.2 Å². The monoisotopic (exact) mass is 311 g/mol. The minimum absolute atomic E-state index is 0.00418. The first-order chi connectivity index (χ1) is 9.90. The molecule has 0 spiro atoms. The van der Waals surface area contributed by atoms with Crippen LogP contribution in [0.25, 0.3) is 0 Å². The van der Waals surface area contributed by atoms with Gasteiger partial charge in [0, 0.05) is 38.8 Å². The van der Waals surface area contributed by atoms with E-state index in [0.29, 0.717) is 31.5 Å². The molecule has 0 radical (unpaired) electrons. The zero-order chi connectivity index (χ0) is 15.5. The number of amides is 1. The van der Waals surface area contributed by atoms with Gasteiger partial charge in [0.2, 0.25) is 0 Å². The fourth-order valence-electron chi connectivity index (χ4n) is 2.28. The maximum absolute atomic E-state index is 12.3. The Kier molecular flexibility index (Phi) is 4.97. The van der Waals surface area contributed by atoms with Gasteiger partial charge in [-0.2, -0.15) is 17.4 Å². The zero-order valence-electron chi connectivity index (χ0n) is 12.3. The van der Waals surface area contributed by atoms with Gasteiger partial charge in [-0.3, -0.25) is 4.79 Å². The van der Waals surface area contributed by atoms with Gasteiger partial charge in [-0.25, -0.2) is 0 Å². The molecule has 0 aliphatic carbocycles. The van der Waals surface area contributed by atoms with Crippen molar-refractivity contribution in [3.63, 3.8) is 0 Å². The van der Waals surface area contributed by atoms with E-state index in [1.165, 1.54) is 14.1 Å². The topological polar surface area (TPSA) is 69.7 Å². The number of carbonyl (C=O) groups is 1. The number of hydrogen-bond acceptors (Lipinski definition) is 3. The van der Waals surface area contributed by atoms with Crippen molar-refractivity contribution in [2.75, 3.05) is 27.2 Å². The summed E-state index contributed by atoms with van der Waals surface area (Å²) < 4.78 is 27.4. The van der Waals surface area contributed by atoms with Crippen LogP contribution in [0.4, 0.5) is 0 Å². The number of carbonyl (C=O) groups excluding carboxylic acids is 1. The summed E-state index contributed by atoms with van der Waals surface area (Å²) >= 11 is 0. The maximum Gasteiger partial charge on any atom is 0.279 e. The molecule has 0 bridgehead atoms. The molecule has 6 nitrogen and oxygen atoms in total. The van der Waals surface area contributed by atoms with Crippen LogP contribution >= 0.6 is 0 Å². The summed E-state index contributed by atoms with van der Waals surface area (Å²) in [5, 5.41) is 0. The molecule has 7 heteroatoms. The summed E-state index contributed by atoms with van der Waals surface area (Å²) in [6.45, 7) is 1.13. The minimum Gasteiger partial charge on any atom is -0.339 e. The van der Waals surface area contributed by atoms with Crippen LogP contribution in [0.5, 0.6) is 0 Å². The minimum atomic E-state index is -3.41. The first-order valence-corrected chi connectivity index (χ1v) is 8.38. The Morgan fingerprint density at radius 3 is 2.29 bits per heavy atom. The average molecular weight is 311 g/mol. The van der Waals surface area contributed by atoms with E-state index in [1.54, 1.807) is 17.0 Å². The lowest BCUT2D eigenvalue weighted by Gasteiger charge is -2.32. The number of nitrogens with one attached hydrogen (secondary N) is 1. The van der Waals surface area contributed by atoms with Gasteiger partial charge in [-0.05, 0) is 25.0 Å². The molecule has 0 atom stereocenters. The van der Waals surface area contributed by atoms with Crippen LogP contribution in [0.2, 0.25) is 0 Å². The predicted octanol–water partition coefficient (Wildman–Crippen LogP) is 0.687. The Morgan fingerprint density at radius 1 is 1.19 bits per heavy atom. The lowest BCUT2D eigenvalue weighted by Crippen LogP contribution is -2.49. The molecule has 0 unspecified atom stereocenters. The second-order valence-electron chi connectivity index (χ2n) is 5.34. The fourth-order valence-corrected chi connectivity index (χ4v) is 3.15. The molecule has 1 aliphatic heterocycles. The van der Waals surface area contributed by atoms with Gasteiger partial charge in [0.05, 0.1) is 0 Å². The summed E-state index contributed by atoms with van der Waals surface area (Å²) in [5.74, 6) is 0.00418. The summed E-state index contributed by atoms with van der Waals surface area (Å²) in [6.07, 6.45) is 1.26. The average Bonchev–Trinajstić information content (AvgIpc) is 2.48. The van der Waals surface area contributed by atoms with E-state index in [0.717, 1.165) is 4.31 Å². The molecular formula is C14H21N3O3S. The third-order valence-corrected chi connectivity index (χ3v) is 5.19. The molecule has 1 aliphatic rings. The molecule has 116 valence electrons. The smallest absolute Gasteiger partial charge is 0.279 e. The number of rotatable bonds is 4. The Bertz CT molecular complexity index is 579. The van der Waals surface area contributed by atoms with Crippen molar-refractivity contribution in [1.29, 1.82) is 0 Å². The van der Waals surface area contributed by atoms with Gasteiger partial charge < -0.3 is 4.90 Å². The SMILES string of the molecule is CN(C)S(=O)(=O)NC1CCN(C(=O)c2ccccc2)CC1. The van der Waals surface area contributed by atoms with Crippen LogP contribution in [0.3, 0.4) is 0 Å². The molecule has 0 aromatic heterocycles. The third kappa shape index (κ3) is 4.03. The van der Waals surface area contributed by atoms with Crippen LogP contribution in [-0.2, 0) is 10.2 Å². The highest BCUT2D eigenvalue weighted by molar-refractivity contribution is 7.87. The normalized spacial score (nSPS) is 17.2. The number of nitrogens with zero attached hydrogens (tertiary/aromatic N) is 2. The zero-order valence-corrected chi connectivity index (χ0v) is 13.1. The first kappa shape index (κ1) is 15.9. The number of likely N-dealkylation sites (tertiary alicyclic amines) is 1. The largest absolute Gasteiger partial charge is 0.339 e. The molecule has 21 heavy (non-hydrogen) atoms. The molecule has 1 aromatic carbocycles. The fraction of sp³-hybridized carbons (Fsp3) is 0.500. The Morgan fingerprint density at radius 2 is 1.76 bits per heavy atom. The van der Waals surface area contributed by atoms with Crippen molar-refractivity contribution in [2.24, 2.45) is 0 Å². The van der Waals surface area contributed by atoms with Crippen LogP contribution < -0.4 is 4.72 Å². The molecule has 1 heterocycles. The van der Waals surface area contributed by atoms with Crippen molar-refractivity contribution in [3.05, 3.63) is 35.9 Å². The van der Waals surface area contributed by atoms with Gasteiger partial charge in [0.15, 0.2) is 0 Å². The number of piperidine rings is 1. The van der Waals surface area contributed by atoms with Crippen LogP contribution in [0.15, 0.2) is 30.3 Å². The second-order valence-corrected chi connectivity index (χ2v) is 7.25. The number of benzene rings is 1. The van der Waals surface area contributed by atoms with E-state index in [1.807, 2.05) is 18.2 Å². The quantitative estimate of drug-likeness (QED) is 0.889. The van der Waals surface area contributed by atoms with Crippen molar-refractivity contribution in [3.8, 4) is 0 Å². The van der Waals surface area contributed by atoms with E-state index >= 15 is 0 Å². The van der Waals surface area contributed by atoms with Crippen molar-refractivity contribution >= 4 is 16.1 Å². The van der Waals surface area contributed by atoms with Gasteiger partial charge >= 0.3 is 0 Å². The van der Waals surface area contributed by atoms with E-state index in [9.17, 15) is 13.2 Å². The summed E-state index contributed by atoms with van der Waals surface area (Å²) in [7, 11) is -0.415. The highest BCUT2D eigenvalue weighted by Gasteiger charge is 2.27. The standard InChI is InChI=1S/C14H21N3O3S/c1-16(2)21(19,20)15-13-8-10-17(11-9-13)14(18)12-6-4-3-5-7-12/h3-7,13,15H,8-11H2,1-2H3.